The number of rotatable bonds is 4. The molecule has 0 unspecified atom stereocenters. The second-order valence-corrected chi connectivity index (χ2v) is 3.26. The van der Waals surface area contributed by atoms with Gasteiger partial charge in [-0.25, -0.2) is 0 Å². The third-order valence-electron chi connectivity index (χ3n) is 2.01. The number of amides is 1. The van der Waals surface area contributed by atoms with Gasteiger partial charge in [-0.2, -0.15) is 0 Å². The summed E-state index contributed by atoms with van der Waals surface area (Å²) in [5, 5.41) is 12.1. The van der Waals surface area contributed by atoms with Gasteiger partial charge in [0.05, 0.1) is 11.8 Å². The van der Waals surface area contributed by atoms with Crippen molar-refractivity contribution in [1.29, 1.82) is 0 Å². The Kier molecular flexibility index (Phi) is 4.05. The van der Waals surface area contributed by atoms with Gasteiger partial charge in [0.1, 0.15) is 5.75 Å². The smallest absolute Gasteiger partial charge is 0.255 e. The number of likely N-dealkylation sites (N-methyl/N-ethyl adjacent to an activating group) is 2. The van der Waals surface area contributed by atoms with Crippen molar-refractivity contribution in [3.05, 3.63) is 24.0 Å². The van der Waals surface area contributed by atoms with Gasteiger partial charge in [-0.05, 0) is 13.1 Å². The number of hydrogen-bond donors (Lipinski definition) is 2. The van der Waals surface area contributed by atoms with E-state index >= 15 is 0 Å². The Morgan fingerprint density at radius 2 is 2.33 bits per heavy atom. The third kappa shape index (κ3) is 3.21. The zero-order valence-corrected chi connectivity index (χ0v) is 8.90. The lowest BCUT2D eigenvalue weighted by Gasteiger charge is -2.16. The van der Waals surface area contributed by atoms with Gasteiger partial charge in [-0.15, -0.1) is 0 Å². The second kappa shape index (κ2) is 5.31. The average Bonchev–Trinajstić information content (AvgIpc) is 2.24. The van der Waals surface area contributed by atoms with Gasteiger partial charge < -0.3 is 15.3 Å². The number of hydrogen-bond acceptors (Lipinski definition) is 4. The van der Waals surface area contributed by atoms with Gasteiger partial charge in [0.15, 0.2) is 0 Å². The summed E-state index contributed by atoms with van der Waals surface area (Å²) in [6.07, 6.45) is 2.74. The Bertz CT molecular complexity index is 341. The van der Waals surface area contributed by atoms with Crippen LogP contribution in [0.15, 0.2) is 18.5 Å². The summed E-state index contributed by atoms with van der Waals surface area (Å²) in [4.78, 5) is 17.1. The Hall–Kier alpha value is -1.62. The maximum absolute atomic E-state index is 11.7. The van der Waals surface area contributed by atoms with Crippen LogP contribution in [0.5, 0.6) is 5.75 Å². The van der Waals surface area contributed by atoms with Crippen molar-refractivity contribution in [3.63, 3.8) is 0 Å². The third-order valence-corrected chi connectivity index (χ3v) is 2.01. The molecule has 2 N–H and O–H groups in total. The summed E-state index contributed by atoms with van der Waals surface area (Å²) in [5.41, 5.74) is 0.397. The van der Waals surface area contributed by atoms with Crippen molar-refractivity contribution in [1.82, 2.24) is 15.2 Å². The van der Waals surface area contributed by atoms with Gasteiger partial charge in [-0.3, -0.25) is 9.78 Å². The summed E-state index contributed by atoms with van der Waals surface area (Å²) >= 11 is 0. The van der Waals surface area contributed by atoms with Gasteiger partial charge in [0, 0.05) is 26.3 Å². The van der Waals surface area contributed by atoms with Crippen molar-refractivity contribution in [2.75, 3.05) is 27.2 Å². The van der Waals surface area contributed by atoms with E-state index in [0.29, 0.717) is 12.1 Å². The summed E-state index contributed by atoms with van der Waals surface area (Å²) in [7, 11) is 3.54. The molecule has 0 bridgehead atoms. The molecule has 5 heteroatoms. The largest absolute Gasteiger partial charge is 0.506 e. The van der Waals surface area contributed by atoms with Crippen LogP contribution >= 0.6 is 0 Å². The molecule has 1 aromatic rings. The van der Waals surface area contributed by atoms with Crippen molar-refractivity contribution in [3.8, 4) is 5.75 Å². The predicted molar refractivity (Wildman–Crippen MR) is 56.8 cm³/mol. The van der Waals surface area contributed by atoms with Crippen LogP contribution in [-0.4, -0.2) is 48.1 Å². The van der Waals surface area contributed by atoms with E-state index in [2.05, 4.69) is 10.3 Å². The molecule has 1 amide bonds. The van der Waals surface area contributed by atoms with Crippen LogP contribution in [-0.2, 0) is 0 Å². The minimum Gasteiger partial charge on any atom is -0.506 e. The molecule has 1 aromatic heterocycles. The topological polar surface area (TPSA) is 65.5 Å². The molecule has 0 aromatic carbocycles. The van der Waals surface area contributed by atoms with E-state index in [9.17, 15) is 9.90 Å². The molecular weight excluding hydrogens is 194 g/mol. The maximum Gasteiger partial charge on any atom is 0.255 e. The first-order valence-corrected chi connectivity index (χ1v) is 4.69. The maximum atomic E-state index is 11.7. The molecule has 0 atom stereocenters. The van der Waals surface area contributed by atoms with E-state index in [4.69, 9.17) is 0 Å². The fraction of sp³-hybridized carbons (Fsp3) is 0.400. The van der Waals surface area contributed by atoms with E-state index in [0.717, 1.165) is 6.54 Å². The number of nitrogens with zero attached hydrogens (tertiary/aromatic N) is 2. The molecule has 0 aliphatic heterocycles. The minimum atomic E-state index is -0.145. The average molecular weight is 209 g/mol. The fourth-order valence-electron chi connectivity index (χ4n) is 1.15. The van der Waals surface area contributed by atoms with Crippen molar-refractivity contribution in [2.45, 2.75) is 0 Å². The van der Waals surface area contributed by atoms with Crippen LogP contribution in [0.3, 0.4) is 0 Å². The van der Waals surface area contributed by atoms with Crippen LogP contribution < -0.4 is 5.32 Å². The highest BCUT2D eigenvalue weighted by Gasteiger charge is 2.11. The first-order valence-electron chi connectivity index (χ1n) is 4.69. The number of aromatic nitrogens is 1. The van der Waals surface area contributed by atoms with Gasteiger partial charge in [0.25, 0.3) is 5.91 Å². The normalized spacial score (nSPS) is 10.0. The lowest BCUT2D eigenvalue weighted by molar-refractivity contribution is 0.0796. The standard InChI is InChI=1S/C10H15N3O2/c1-11-3-4-13(2)10(15)8-5-9(14)7-12-6-8/h5-7,11,14H,3-4H2,1-2H3. The zero-order valence-electron chi connectivity index (χ0n) is 8.90. The molecule has 0 saturated carbocycles. The summed E-state index contributed by atoms with van der Waals surface area (Å²) in [5.74, 6) is -0.142. The number of nitrogens with one attached hydrogen (secondary N) is 1. The molecular formula is C10H15N3O2. The molecule has 0 fully saturated rings. The lowest BCUT2D eigenvalue weighted by Crippen LogP contribution is -2.32. The van der Waals surface area contributed by atoms with Crippen LogP contribution in [0.25, 0.3) is 0 Å². The van der Waals surface area contributed by atoms with Crippen LogP contribution in [0.4, 0.5) is 0 Å². The highest BCUT2D eigenvalue weighted by atomic mass is 16.3. The SMILES string of the molecule is CNCCN(C)C(=O)c1cncc(O)c1. The highest BCUT2D eigenvalue weighted by Crippen LogP contribution is 2.09. The van der Waals surface area contributed by atoms with E-state index in [1.165, 1.54) is 18.5 Å². The monoisotopic (exact) mass is 209 g/mol. The summed E-state index contributed by atoms with van der Waals surface area (Å²) < 4.78 is 0. The zero-order chi connectivity index (χ0) is 11.3. The highest BCUT2D eigenvalue weighted by molar-refractivity contribution is 5.94. The summed E-state index contributed by atoms with van der Waals surface area (Å²) in [6.45, 7) is 1.35. The molecule has 0 spiro atoms. The fourth-order valence-corrected chi connectivity index (χ4v) is 1.15. The summed E-state index contributed by atoms with van der Waals surface area (Å²) in [6, 6.07) is 1.41. The molecule has 1 rings (SSSR count). The molecule has 0 aliphatic carbocycles. The number of pyridine rings is 1. The van der Waals surface area contributed by atoms with E-state index in [1.54, 1.807) is 11.9 Å². The van der Waals surface area contributed by atoms with Gasteiger partial charge >= 0.3 is 0 Å². The van der Waals surface area contributed by atoms with E-state index in [1.807, 2.05) is 7.05 Å². The Labute approximate surface area is 88.7 Å². The molecule has 82 valence electrons. The molecule has 15 heavy (non-hydrogen) atoms. The van der Waals surface area contributed by atoms with Crippen LogP contribution in [0.1, 0.15) is 10.4 Å². The van der Waals surface area contributed by atoms with E-state index in [-0.39, 0.29) is 11.7 Å². The van der Waals surface area contributed by atoms with Crippen molar-refractivity contribution in [2.24, 2.45) is 0 Å². The number of aromatic hydroxyl groups is 1. The number of carbonyl (C=O) groups is 1. The molecule has 5 nitrogen and oxygen atoms in total. The Morgan fingerprint density at radius 3 is 2.93 bits per heavy atom. The van der Waals surface area contributed by atoms with Crippen molar-refractivity contribution >= 4 is 5.91 Å². The number of carbonyl (C=O) groups excluding carboxylic acids is 1. The molecule has 0 saturated heterocycles. The Morgan fingerprint density at radius 1 is 1.60 bits per heavy atom. The predicted octanol–water partition coefficient (Wildman–Crippen LogP) is 0.0786. The molecule has 1 heterocycles. The van der Waals surface area contributed by atoms with Gasteiger partial charge in [-0.1, -0.05) is 0 Å². The minimum absolute atomic E-state index is 0.00265. The first-order chi connectivity index (χ1) is 7.15. The second-order valence-electron chi connectivity index (χ2n) is 3.26. The van der Waals surface area contributed by atoms with Crippen molar-refractivity contribution < 1.29 is 9.90 Å². The van der Waals surface area contributed by atoms with Crippen LogP contribution in [0.2, 0.25) is 0 Å². The quantitative estimate of drug-likeness (QED) is 0.737. The first kappa shape index (κ1) is 11.5. The van der Waals surface area contributed by atoms with Gasteiger partial charge in [0.2, 0.25) is 0 Å². The van der Waals surface area contributed by atoms with E-state index < -0.39 is 0 Å². The molecule has 0 radical (unpaired) electrons. The molecule has 0 aliphatic rings. The Balaban J connectivity index is 2.67. The van der Waals surface area contributed by atoms with Crippen LogP contribution in [0, 0.1) is 0 Å². The lowest BCUT2D eigenvalue weighted by atomic mass is 10.2.